The van der Waals surface area contributed by atoms with Crippen LogP contribution in [0.4, 0.5) is 20.3 Å². The van der Waals surface area contributed by atoms with Crippen LogP contribution in [0.15, 0.2) is 30.5 Å². The highest BCUT2D eigenvalue weighted by molar-refractivity contribution is 6.39. The van der Waals surface area contributed by atoms with E-state index in [-0.39, 0.29) is 5.92 Å². The molecule has 0 radical (unpaired) electrons. The normalized spacial score (nSPS) is 19.4. The Bertz CT molecular complexity index is 919. The average Bonchev–Trinajstić information content (AvgIpc) is 2.66. The lowest BCUT2D eigenvalue weighted by Gasteiger charge is -2.38. The van der Waals surface area contributed by atoms with E-state index >= 15 is 0 Å². The minimum atomic E-state index is -0.976. The number of amides is 2. The predicted octanol–water partition coefficient (Wildman–Crippen LogP) is 3.19. The van der Waals surface area contributed by atoms with Gasteiger partial charge in [0.2, 0.25) is 0 Å². The molecule has 0 unspecified atom stereocenters. The summed E-state index contributed by atoms with van der Waals surface area (Å²) >= 11 is 0. The SMILES string of the molecule is Cc1cc(NC(=O)C(=O)N2C[C@@H](C)CC[C@@H]2c2ccc(F)c(F)c2)cnc1N. The average molecular weight is 388 g/mol. The number of aromatic nitrogens is 1. The number of carbonyl (C=O) groups is 2. The third-order valence-corrected chi connectivity index (χ3v) is 4.98. The maximum absolute atomic E-state index is 13.7. The fourth-order valence-corrected chi connectivity index (χ4v) is 3.41. The Morgan fingerprint density at radius 1 is 1.21 bits per heavy atom. The van der Waals surface area contributed by atoms with Crippen LogP contribution in [0.5, 0.6) is 0 Å². The monoisotopic (exact) mass is 388 g/mol. The molecule has 0 saturated carbocycles. The van der Waals surface area contributed by atoms with Crippen molar-refractivity contribution in [1.29, 1.82) is 0 Å². The Morgan fingerprint density at radius 3 is 2.64 bits per heavy atom. The molecule has 2 heterocycles. The van der Waals surface area contributed by atoms with E-state index in [9.17, 15) is 18.4 Å². The lowest BCUT2D eigenvalue weighted by Crippen LogP contribution is -2.46. The Labute approximate surface area is 161 Å². The number of nitrogens with one attached hydrogen (secondary N) is 1. The number of hydrogen-bond donors (Lipinski definition) is 2. The van der Waals surface area contributed by atoms with E-state index < -0.39 is 29.5 Å². The van der Waals surface area contributed by atoms with Crippen molar-refractivity contribution < 1.29 is 18.4 Å². The van der Waals surface area contributed by atoms with E-state index in [1.54, 1.807) is 13.0 Å². The van der Waals surface area contributed by atoms with Crippen molar-refractivity contribution in [3.63, 3.8) is 0 Å². The zero-order valence-corrected chi connectivity index (χ0v) is 15.7. The fourth-order valence-electron chi connectivity index (χ4n) is 3.41. The standard InChI is InChI=1S/C20H22F2N4O2/c1-11-3-6-17(13-4-5-15(21)16(22)8-13)26(10-11)20(28)19(27)25-14-7-12(2)18(23)24-9-14/h4-5,7-9,11,17H,3,6,10H2,1-2H3,(H2,23,24)(H,25,27)/t11-,17+/m0/s1. The van der Waals surface area contributed by atoms with Gasteiger partial charge < -0.3 is 16.0 Å². The van der Waals surface area contributed by atoms with E-state index in [2.05, 4.69) is 10.3 Å². The Balaban J connectivity index is 1.82. The van der Waals surface area contributed by atoms with Crippen molar-refractivity contribution in [2.75, 3.05) is 17.6 Å². The zero-order chi connectivity index (χ0) is 20.4. The number of halogens is 2. The molecule has 2 aromatic rings. The predicted molar refractivity (Wildman–Crippen MR) is 101 cm³/mol. The van der Waals surface area contributed by atoms with Gasteiger partial charge in [0.1, 0.15) is 5.82 Å². The summed E-state index contributed by atoms with van der Waals surface area (Å²) in [7, 11) is 0. The van der Waals surface area contributed by atoms with Crippen molar-refractivity contribution >= 4 is 23.3 Å². The third kappa shape index (κ3) is 4.11. The van der Waals surface area contributed by atoms with Gasteiger partial charge in [-0.05, 0) is 55.0 Å². The van der Waals surface area contributed by atoms with Crippen molar-refractivity contribution in [1.82, 2.24) is 9.88 Å². The van der Waals surface area contributed by atoms with Gasteiger partial charge >= 0.3 is 11.8 Å². The number of carbonyl (C=O) groups excluding carboxylic acids is 2. The van der Waals surface area contributed by atoms with Gasteiger partial charge in [-0.25, -0.2) is 13.8 Å². The summed E-state index contributed by atoms with van der Waals surface area (Å²) in [6.45, 7) is 4.08. The molecule has 3 N–H and O–H groups in total. The molecule has 2 amide bonds. The summed E-state index contributed by atoms with van der Waals surface area (Å²) in [5.74, 6) is -2.93. The summed E-state index contributed by atoms with van der Waals surface area (Å²) in [4.78, 5) is 30.7. The number of piperidine rings is 1. The summed E-state index contributed by atoms with van der Waals surface area (Å²) in [5.41, 5.74) is 7.17. The van der Waals surface area contributed by atoms with Gasteiger partial charge in [-0.15, -0.1) is 0 Å². The molecule has 0 bridgehead atoms. The second-order valence-electron chi connectivity index (χ2n) is 7.21. The molecule has 28 heavy (non-hydrogen) atoms. The lowest BCUT2D eigenvalue weighted by molar-refractivity contribution is -0.146. The number of benzene rings is 1. The van der Waals surface area contributed by atoms with Crippen LogP contribution in [0.25, 0.3) is 0 Å². The third-order valence-electron chi connectivity index (χ3n) is 4.98. The van der Waals surface area contributed by atoms with Gasteiger partial charge in [0, 0.05) is 6.54 Å². The zero-order valence-electron chi connectivity index (χ0n) is 15.7. The van der Waals surface area contributed by atoms with Crippen molar-refractivity contribution in [3.05, 3.63) is 53.2 Å². The van der Waals surface area contributed by atoms with E-state index in [1.807, 2.05) is 6.92 Å². The largest absolute Gasteiger partial charge is 0.383 e. The van der Waals surface area contributed by atoms with E-state index in [1.165, 1.54) is 17.2 Å². The van der Waals surface area contributed by atoms with Crippen LogP contribution in [-0.4, -0.2) is 28.2 Å². The Morgan fingerprint density at radius 2 is 1.96 bits per heavy atom. The topological polar surface area (TPSA) is 88.3 Å². The first-order valence-electron chi connectivity index (χ1n) is 9.05. The quantitative estimate of drug-likeness (QED) is 0.774. The molecule has 0 spiro atoms. The van der Waals surface area contributed by atoms with Gasteiger partial charge in [-0.3, -0.25) is 9.59 Å². The van der Waals surface area contributed by atoms with Gasteiger partial charge in [-0.2, -0.15) is 0 Å². The van der Waals surface area contributed by atoms with Crippen LogP contribution in [0.3, 0.4) is 0 Å². The molecule has 1 saturated heterocycles. The number of likely N-dealkylation sites (tertiary alicyclic amines) is 1. The van der Waals surface area contributed by atoms with Crippen molar-refractivity contribution in [2.45, 2.75) is 32.7 Å². The summed E-state index contributed by atoms with van der Waals surface area (Å²) in [6, 6.07) is 4.70. The van der Waals surface area contributed by atoms with Crippen LogP contribution >= 0.6 is 0 Å². The molecule has 2 atom stereocenters. The molecule has 6 nitrogen and oxygen atoms in total. The second-order valence-corrected chi connectivity index (χ2v) is 7.21. The fraction of sp³-hybridized carbons (Fsp3) is 0.350. The number of nitrogens with two attached hydrogens (primary N) is 1. The molecule has 8 heteroatoms. The first-order valence-corrected chi connectivity index (χ1v) is 9.05. The molecule has 1 aromatic heterocycles. The van der Waals surface area contributed by atoms with Gasteiger partial charge in [0.25, 0.3) is 0 Å². The maximum atomic E-state index is 13.7. The minimum absolute atomic E-state index is 0.193. The first kappa shape index (κ1) is 19.7. The van der Waals surface area contributed by atoms with Crippen LogP contribution in [0, 0.1) is 24.5 Å². The minimum Gasteiger partial charge on any atom is -0.383 e. The highest BCUT2D eigenvalue weighted by Gasteiger charge is 2.34. The Hall–Kier alpha value is -3.03. The highest BCUT2D eigenvalue weighted by Crippen LogP contribution is 2.34. The van der Waals surface area contributed by atoms with E-state index in [0.29, 0.717) is 35.6 Å². The number of pyridine rings is 1. The van der Waals surface area contributed by atoms with E-state index in [0.717, 1.165) is 18.6 Å². The molecular weight excluding hydrogens is 366 g/mol. The number of nitrogens with zero attached hydrogens (tertiary/aromatic N) is 2. The molecule has 3 rings (SSSR count). The second kappa shape index (κ2) is 7.92. The van der Waals surface area contributed by atoms with Crippen LogP contribution < -0.4 is 11.1 Å². The van der Waals surface area contributed by atoms with E-state index in [4.69, 9.17) is 5.73 Å². The molecular formula is C20H22F2N4O2. The van der Waals surface area contributed by atoms with Gasteiger partial charge in [0.05, 0.1) is 17.9 Å². The summed E-state index contributed by atoms with van der Waals surface area (Å²) in [5, 5.41) is 2.53. The van der Waals surface area contributed by atoms with Crippen LogP contribution in [-0.2, 0) is 9.59 Å². The van der Waals surface area contributed by atoms with Crippen molar-refractivity contribution in [2.24, 2.45) is 5.92 Å². The smallest absolute Gasteiger partial charge is 0.313 e. The highest BCUT2D eigenvalue weighted by atomic mass is 19.2. The molecule has 0 aliphatic carbocycles. The van der Waals surface area contributed by atoms with Gasteiger partial charge in [-0.1, -0.05) is 13.0 Å². The van der Waals surface area contributed by atoms with Crippen molar-refractivity contribution in [3.8, 4) is 0 Å². The number of hydrogen-bond acceptors (Lipinski definition) is 4. The molecule has 1 fully saturated rings. The summed E-state index contributed by atoms with van der Waals surface area (Å²) in [6.07, 6.45) is 2.75. The van der Waals surface area contributed by atoms with Gasteiger partial charge in [0.15, 0.2) is 11.6 Å². The lowest BCUT2D eigenvalue weighted by atomic mass is 9.89. The molecule has 1 aliphatic heterocycles. The first-order chi connectivity index (χ1) is 13.3. The number of nitrogen functional groups attached to an aromatic ring is 1. The number of rotatable bonds is 2. The maximum Gasteiger partial charge on any atom is 0.313 e. The molecule has 1 aliphatic rings. The number of anilines is 2. The van der Waals surface area contributed by atoms with Crippen LogP contribution in [0.1, 0.15) is 36.9 Å². The number of aryl methyl sites for hydroxylation is 1. The Kier molecular flexibility index (Phi) is 5.58. The van der Waals surface area contributed by atoms with Crippen LogP contribution in [0.2, 0.25) is 0 Å². The summed E-state index contributed by atoms with van der Waals surface area (Å²) < 4.78 is 27.0. The molecule has 1 aromatic carbocycles. The molecule has 148 valence electrons.